The number of rotatable bonds is 4. The van der Waals surface area contributed by atoms with Gasteiger partial charge in [-0.3, -0.25) is 4.79 Å². The van der Waals surface area contributed by atoms with Gasteiger partial charge in [0, 0.05) is 18.5 Å². The second-order valence-corrected chi connectivity index (χ2v) is 7.32. The van der Waals surface area contributed by atoms with E-state index in [1.165, 1.54) is 16.9 Å². The molecule has 1 saturated heterocycles. The Hall–Kier alpha value is -1.72. The molecular formula is C18H23N3OS. The molecule has 1 aliphatic heterocycles. The molecule has 1 aromatic carbocycles. The van der Waals surface area contributed by atoms with E-state index in [4.69, 9.17) is 0 Å². The van der Waals surface area contributed by atoms with Gasteiger partial charge in [0.1, 0.15) is 4.88 Å². The zero-order valence-corrected chi connectivity index (χ0v) is 14.5. The van der Waals surface area contributed by atoms with Crippen molar-refractivity contribution >= 4 is 17.2 Å². The lowest BCUT2D eigenvalue weighted by atomic mass is 10.0. The monoisotopic (exact) mass is 329 g/mol. The average Bonchev–Trinajstić information content (AvgIpc) is 2.89. The van der Waals surface area contributed by atoms with Gasteiger partial charge in [-0.05, 0) is 38.8 Å². The SMILES string of the molecule is Cc1nc(Cc2ccccc2)sc1C(=O)NC1CCNC(C)C1. The first-order chi connectivity index (χ1) is 11.1. The number of benzene rings is 1. The number of hydrogen-bond donors (Lipinski definition) is 2. The minimum atomic E-state index is 0.0263. The topological polar surface area (TPSA) is 54.0 Å². The molecule has 0 spiro atoms. The van der Waals surface area contributed by atoms with Crippen molar-refractivity contribution in [1.82, 2.24) is 15.6 Å². The minimum absolute atomic E-state index is 0.0263. The van der Waals surface area contributed by atoms with Gasteiger partial charge in [-0.1, -0.05) is 30.3 Å². The summed E-state index contributed by atoms with van der Waals surface area (Å²) in [5.41, 5.74) is 2.06. The second-order valence-electron chi connectivity index (χ2n) is 6.23. The molecule has 2 N–H and O–H groups in total. The number of aromatic nitrogens is 1. The summed E-state index contributed by atoms with van der Waals surface area (Å²) in [6.45, 7) is 5.05. The van der Waals surface area contributed by atoms with Gasteiger partial charge in [0.15, 0.2) is 0 Å². The molecule has 4 nitrogen and oxygen atoms in total. The summed E-state index contributed by atoms with van der Waals surface area (Å²) in [6.07, 6.45) is 2.76. The molecule has 5 heteroatoms. The highest BCUT2D eigenvalue weighted by atomic mass is 32.1. The third-order valence-electron chi connectivity index (χ3n) is 4.20. The van der Waals surface area contributed by atoms with Crippen LogP contribution in [0.15, 0.2) is 30.3 Å². The van der Waals surface area contributed by atoms with Crippen LogP contribution in [0.1, 0.15) is 45.7 Å². The molecular weight excluding hydrogens is 306 g/mol. The number of amides is 1. The molecule has 1 fully saturated rings. The zero-order valence-electron chi connectivity index (χ0n) is 13.6. The Balaban J connectivity index is 1.66. The Morgan fingerprint density at radius 1 is 1.39 bits per heavy atom. The van der Waals surface area contributed by atoms with Crippen LogP contribution in [-0.2, 0) is 6.42 Å². The third-order valence-corrected chi connectivity index (χ3v) is 5.36. The number of thiazole rings is 1. The van der Waals surface area contributed by atoms with Crippen LogP contribution in [0.2, 0.25) is 0 Å². The molecule has 2 unspecified atom stereocenters. The van der Waals surface area contributed by atoms with Crippen molar-refractivity contribution < 1.29 is 4.79 Å². The molecule has 122 valence electrons. The van der Waals surface area contributed by atoms with Crippen LogP contribution in [-0.4, -0.2) is 29.5 Å². The largest absolute Gasteiger partial charge is 0.348 e. The molecule has 3 rings (SSSR count). The molecule has 1 amide bonds. The van der Waals surface area contributed by atoms with Crippen LogP contribution in [0.25, 0.3) is 0 Å². The first-order valence-corrected chi connectivity index (χ1v) is 8.98. The summed E-state index contributed by atoms with van der Waals surface area (Å²) in [7, 11) is 0. The molecule has 2 atom stereocenters. The number of carbonyl (C=O) groups is 1. The fourth-order valence-electron chi connectivity index (χ4n) is 3.02. The highest BCUT2D eigenvalue weighted by Crippen LogP contribution is 2.21. The zero-order chi connectivity index (χ0) is 16.2. The summed E-state index contributed by atoms with van der Waals surface area (Å²) in [5, 5.41) is 7.58. The maximum Gasteiger partial charge on any atom is 0.263 e. The van der Waals surface area contributed by atoms with Crippen molar-refractivity contribution in [2.24, 2.45) is 0 Å². The lowest BCUT2D eigenvalue weighted by Gasteiger charge is -2.28. The van der Waals surface area contributed by atoms with E-state index in [0.29, 0.717) is 6.04 Å². The first-order valence-electron chi connectivity index (χ1n) is 8.16. The van der Waals surface area contributed by atoms with E-state index in [-0.39, 0.29) is 11.9 Å². The maximum atomic E-state index is 12.5. The van der Waals surface area contributed by atoms with Gasteiger partial charge in [0.2, 0.25) is 0 Å². The van der Waals surface area contributed by atoms with E-state index in [1.54, 1.807) is 0 Å². The van der Waals surface area contributed by atoms with Crippen molar-refractivity contribution in [3.8, 4) is 0 Å². The number of hydrogen-bond acceptors (Lipinski definition) is 4. The van der Waals surface area contributed by atoms with E-state index in [0.717, 1.165) is 41.4 Å². The molecule has 0 bridgehead atoms. The Kier molecular flexibility index (Phi) is 5.08. The third kappa shape index (κ3) is 4.18. The normalized spacial score (nSPS) is 21.1. The van der Waals surface area contributed by atoms with Crippen LogP contribution in [0.3, 0.4) is 0 Å². The molecule has 2 aromatic rings. The summed E-state index contributed by atoms with van der Waals surface area (Å²) in [6, 6.07) is 11.0. The van der Waals surface area contributed by atoms with Crippen LogP contribution >= 0.6 is 11.3 Å². The fraction of sp³-hybridized carbons (Fsp3) is 0.444. The summed E-state index contributed by atoms with van der Waals surface area (Å²) < 4.78 is 0. The average molecular weight is 329 g/mol. The minimum Gasteiger partial charge on any atom is -0.348 e. The van der Waals surface area contributed by atoms with Crippen LogP contribution < -0.4 is 10.6 Å². The summed E-state index contributed by atoms with van der Waals surface area (Å²) >= 11 is 1.51. The number of carbonyl (C=O) groups excluding carboxylic acids is 1. The highest BCUT2D eigenvalue weighted by molar-refractivity contribution is 7.13. The van der Waals surface area contributed by atoms with Gasteiger partial charge in [-0.25, -0.2) is 4.98 Å². The lowest BCUT2D eigenvalue weighted by Crippen LogP contribution is -2.46. The Morgan fingerprint density at radius 3 is 2.91 bits per heavy atom. The Morgan fingerprint density at radius 2 is 2.17 bits per heavy atom. The Bertz CT molecular complexity index is 668. The van der Waals surface area contributed by atoms with E-state index < -0.39 is 0 Å². The maximum absolute atomic E-state index is 12.5. The highest BCUT2D eigenvalue weighted by Gasteiger charge is 2.22. The van der Waals surface area contributed by atoms with Crippen molar-refractivity contribution in [2.75, 3.05) is 6.54 Å². The fourth-order valence-corrected chi connectivity index (χ4v) is 4.03. The van der Waals surface area contributed by atoms with Gasteiger partial charge in [-0.2, -0.15) is 0 Å². The van der Waals surface area contributed by atoms with E-state index in [1.807, 2.05) is 25.1 Å². The van der Waals surface area contributed by atoms with Gasteiger partial charge in [-0.15, -0.1) is 11.3 Å². The van der Waals surface area contributed by atoms with Crippen LogP contribution in [0, 0.1) is 6.92 Å². The smallest absolute Gasteiger partial charge is 0.263 e. The number of nitrogens with zero attached hydrogens (tertiary/aromatic N) is 1. The van der Waals surface area contributed by atoms with E-state index >= 15 is 0 Å². The number of nitrogens with one attached hydrogen (secondary N) is 2. The number of aryl methyl sites for hydroxylation is 1. The van der Waals surface area contributed by atoms with Gasteiger partial charge < -0.3 is 10.6 Å². The summed E-state index contributed by atoms with van der Waals surface area (Å²) in [4.78, 5) is 17.9. The summed E-state index contributed by atoms with van der Waals surface area (Å²) in [5.74, 6) is 0.0263. The van der Waals surface area contributed by atoms with Gasteiger partial charge in [0.25, 0.3) is 5.91 Å². The molecule has 0 aliphatic carbocycles. The van der Waals surface area contributed by atoms with E-state index in [9.17, 15) is 4.79 Å². The van der Waals surface area contributed by atoms with E-state index in [2.05, 4.69) is 34.7 Å². The predicted octanol–water partition coefficient (Wildman–Crippen LogP) is 2.91. The molecule has 0 radical (unpaired) electrons. The van der Waals surface area contributed by atoms with Gasteiger partial charge >= 0.3 is 0 Å². The molecule has 1 aliphatic rings. The van der Waals surface area contributed by atoms with Crippen molar-refractivity contribution in [3.05, 3.63) is 51.5 Å². The molecule has 0 saturated carbocycles. The van der Waals surface area contributed by atoms with Crippen molar-refractivity contribution in [2.45, 2.75) is 45.2 Å². The predicted molar refractivity (Wildman–Crippen MR) is 94.1 cm³/mol. The Labute approximate surface area is 141 Å². The van der Waals surface area contributed by atoms with Crippen molar-refractivity contribution in [3.63, 3.8) is 0 Å². The standard InChI is InChI=1S/C18H23N3OS/c1-12-10-15(8-9-19-12)21-18(22)17-13(2)20-16(23-17)11-14-6-4-3-5-7-14/h3-7,12,15,19H,8-11H2,1-2H3,(H,21,22). The van der Waals surface area contributed by atoms with Crippen molar-refractivity contribution in [1.29, 1.82) is 0 Å². The molecule has 1 aromatic heterocycles. The first kappa shape index (κ1) is 16.1. The quantitative estimate of drug-likeness (QED) is 0.907. The molecule has 23 heavy (non-hydrogen) atoms. The van der Waals surface area contributed by atoms with Crippen LogP contribution in [0.5, 0.6) is 0 Å². The molecule has 2 heterocycles. The second kappa shape index (κ2) is 7.23. The van der Waals surface area contributed by atoms with Crippen LogP contribution in [0.4, 0.5) is 0 Å². The lowest BCUT2D eigenvalue weighted by molar-refractivity contribution is 0.0929. The number of piperidine rings is 1. The van der Waals surface area contributed by atoms with Gasteiger partial charge in [0.05, 0.1) is 10.7 Å².